The maximum atomic E-state index is 13.2. The third-order valence-corrected chi connectivity index (χ3v) is 5.14. The van der Waals surface area contributed by atoms with Crippen LogP contribution in [0.4, 0.5) is 0 Å². The maximum absolute atomic E-state index is 13.2. The maximum Gasteiger partial charge on any atom is 0.237 e. The van der Waals surface area contributed by atoms with Gasteiger partial charge in [-0.1, -0.05) is 18.2 Å². The van der Waals surface area contributed by atoms with Crippen LogP contribution in [0.2, 0.25) is 0 Å². The molecule has 0 N–H and O–H groups in total. The Morgan fingerprint density at radius 2 is 2.04 bits per heavy atom. The summed E-state index contributed by atoms with van der Waals surface area (Å²) < 4.78 is 7.45. The van der Waals surface area contributed by atoms with Crippen molar-refractivity contribution in [3.05, 3.63) is 65.5 Å². The first kappa shape index (κ1) is 18.7. The average molecular weight is 369 g/mol. The number of hydrogen-bond acceptors (Lipinski definition) is 4. The predicted octanol–water partition coefficient (Wildman–Crippen LogP) is 3.14. The van der Waals surface area contributed by atoms with Crippen LogP contribution >= 0.6 is 0 Å². The molecule has 26 heavy (non-hydrogen) atoms. The third-order valence-electron chi connectivity index (χ3n) is 4.79. The van der Waals surface area contributed by atoms with Gasteiger partial charge in [-0.2, -0.15) is 4.57 Å². The summed E-state index contributed by atoms with van der Waals surface area (Å²) in [5.74, 6) is -0.0367. The SMILES string of the molecule is Cc1ccc(C(=O)[C@H](C([S-])=NC[C@H]2CCCO2)[n+]2ccccc2)cc1C. The van der Waals surface area contributed by atoms with E-state index in [1.165, 1.54) is 0 Å². The summed E-state index contributed by atoms with van der Waals surface area (Å²) >= 11 is 5.56. The topological polar surface area (TPSA) is 42.5 Å². The molecule has 2 heterocycles. The molecule has 0 radical (unpaired) electrons. The molecule has 0 saturated carbocycles. The second kappa shape index (κ2) is 8.52. The fourth-order valence-corrected chi connectivity index (χ4v) is 3.38. The Labute approximate surface area is 160 Å². The highest BCUT2D eigenvalue weighted by molar-refractivity contribution is 7.77. The number of carbonyl (C=O) groups is 1. The summed E-state index contributed by atoms with van der Waals surface area (Å²) in [7, 11) is 0. The second-order valence-electron chi connectivity index (χ2n) is 6.70. The van der Waals surface area contributed by atoms with E-state index in [0.717, 1.165) is 30.6 Å². The molecule has 1 fully saturated rings. The van der Waals surface area contributed by atoms with E-state index in [0.29, 0.717) is 17.2 Å². The van der Waals surface area contributed by atoms with Crippen LogP contribution in [0, 0.1) is 13.8 Å². The first-order valence-electron chi connectivity index (χ1n) is 8.96. The molecule has 0 unspecified atom stereocenters. The molecule has 1 saturated heterocycles. The fraction of sp³-hybridized carbons (Fsp3) is 0.381. The molecule has 1 aliphatic rings. The minimum absolute atomic E-state index is 0.0367. The fourth-order valence-electron chi connectivity index (χ4n) is 3.08. The van der Waals surface area contributed by atoms with E-state index >= 15 is 0 Å². The zero-order valence-corrected chi connectivity index (χ0v) is 16.0. The van der Waals surface area contributed by atoms with Gasteiger partial charge >= 0.3 is 0 Å². The van der Waals surface area contributed by atoms with Gasteiger partial charge in [-0.3, -0.25) is 4.79 Å². The largest absolute Gasteiger partial charge is 0.758 e. The van der Waals surface area contributed by atoms with E-state index in [4.69, 9.17) is 17.4 Å². The molecule has 0 spiro atoms. The molecule has 5 heteroatoms. The van der Waals surface area contributed by atoms with Gasteiger partial charge in [-0.15, -0.1) is 0 Å². The van der Waals surface area contributed by atoms with Crippen LogP contribution in [-0.4, -0.2) is 30.1 Å². The zero-order chi connectivity index (χ0) is 18.5. The quantitative estimate of drug-likeness (QED) is 0.259. The summed E-state index contributed by atoms with van der Waals surface area (Å²) in [5.41, 5.74) is 2.91. The molecule has 0 aliphatic carbocycles. The van der Waals surface area contributed by atoms with Crippen molar-refractivity contribution >= 4 is 23.5 Å². The van der Waals surface area contributed by atoms with Crippen molar-refractivity contribution in [2.45, 2.75) is 38.8 Å². The number of ether oxygens (including phenoxy) is 1. The number of pyridine rings is 1. The lowest BCUT2D eigenvalue weighted by Gasteiger charge is -2.19. The summed E-state index contributed by atoms with van der Waals surface area (Å²) in [6, 6.07) is 10.9. The highest BCUT2D eigenvalue weighted by atomic mass is 32.1. The standard InChI is InChI=1S/C21H24N2O2S/c1-15-8-9-17(13-16(15)2)20(24)19(23-10-4-3-5-11-23)21(26)22-14-18-7-6-12-25-18/h3-5,8-11,13,18-19H,6-7,12,14H2,1-2H3/t18-,19-/m1/s1. The van der Waals surface area contributed by atoms with Crippen molar-refractivity contribution in [3.8, 4) is 0 Å². The normalized spacial score (nSPS) is 18.7. The molecular formula is C21H24N2O2S. The molecule has 0 amide bonds. The first-order chi connectivity index (χ1) is 12.6. The van der Waals surface area contributed by atoms with Crippen molar-refractivity contribution < 1.29 is 14.1 Å². The number of Topliss-reactive ketones (excluding diaryl/α,β-unsaturated/α-hetero) is 1. The number of ketones is 1. The summed E-state index contributed by atoms with van der Waals surface area (Å²) in [6.45, 7) is 5.35. The van der Waals surface area contributed by atoms with Crippen molar-refractivity contribution in [1.82, 2.24) is 0 Å². The summed E-state index contributed by atoms with van der Waals surface area (Å²) in [4.78, 5) is 17.8. The summed E-state index contributed by atoms with van der Waals surface area (Å²) in [6.07, 6.45) is 5.90. The lowest BCUT2D eigenvalue weighted by atomic mass is 9.99. The Balaban J connectivity index is 1.91. The van der Waals surface area contributed by atoms with Crippen molar-refractivity contribution in [2.24, 2.45) is 4.99 Å². The van der Waals surface area contributed by atoms with Crippen LogP contribution < -0.4 is 4.57 Å². The first-order valence-corrected chi connectivity index (χ1v) is 9.37. The van der Waals surface area contributed by atoms with Gasteiger partial charge in [0, 0.05) is 24.3 Å². The van der Waals surface area contributed by atoms with E-state index in [2.05, 4.69) is 4.99 Å². The van der Waals surface area contributed by atoms with Crippen molar-refractivity contribution in [1.29, 1.82) is 0 Å². The molecule has 2 atom stereocenters. The molecule has 1 aromatic heterocycles. The number of carbonyl (C=O) groups excluding carboxylic acids is 1. The molecule has 1 aromatic carbocycles. The number of aryl methyl sites for hydroxylation is 2. The second-order valence-corrected chi connectivity index (χ2v) is 7.12. The predicted molar refractivity (Wildman–Crippen MR) is 105 cm³/mol. The number of nitrogens with zero attached hydrogens (tertiary/aromatic N) is 2. The monoisotopic (exact) mass is 368 g/mol. The van der Waals surface area contributed by atoms with Gasteiger partial charge in [0.25, 0.3) is 0 Å². The van der Waals surface area contributed by atoms with Crippen molar-refractivity contribution in [2.75, 3.05) is 13.2 Å². The molecule has 2 aromatic rings. The van der Waals surface area contributed by atoms with E-state index in [1.807, 2.05) is 67.2 Å². The van der Waals surface area contributed by atoms with Gasteiger partial charge in [0.15, 0.2) is 12.4 Å². The van der Waals surface area contributed by atoms with E-state index < -0.39 is 6.04 Å². The minimum Gasteiger partial charge on any atom is -0.758 e. The highest BCUT2D eigenvalue weighted by Crippen LogP contribution is 2.17. The molecule has 0 bridgehead atoms. The van der Waals surface area contributed by atoms with Gasteiger partial charge in [0.2, 0.25) is 11.8 Å². The number of hydrogen-bond donors (Lipinski definition) is 0. The van der Waals surface area contributed by atoms with Gasteiger partial charge in [0.05, 0.1) is 12.6 Å². The Hall–Kier alpha value is -2.11. The van der Waals surface area contributed by atoms with Gasteiger partial charge in [-0.25, -0.2) is 0 Å². The van der Waals surface area contributed by atoms with Crippen LogP contribution in [0.15, 0.2) is 53.8 Å². The Bertz CT molecular complexity index is 799. The van der Waals surface area contributed by atoms with Crippen LogP contribution in [0.25, 0.3) is 0 Å². The smallest absolute Gasteiger partial charge is 0.237 e. The van der Waals surface area contributed by atoms with Crippen LogP contribution in [-0.2, 0) is 17.4 Å². The Kier molecular flexibility index (Phi) is 6.12. The van der Waals surface area contributed by atoms with Gasteiger partial charge in [0.1, 0.15) is 0 Å². The van der Waals surface area contributed by atoms with E-state index in [9.17, 15) is 4.79 Å². The lowest BCUT2D eigenvalue weighted by Crippen LogP contribution is -2.47. The molecular weight excluding hydrogens is 344 g/mol. The van der Waals surface area contributed by atoms with Crippen molar-refractivity contribution in [3.63, 3.8) is 0 Å². The Morgan fingerprint density at radius 3 is 2.69 bits per heavy atom. The molecule has 3 rings (SSSR count). The van der Waals surface area contributed by atoms with E-state index in [-0.39, 0.29) is 11.9 Å². The third kappa shape index (κ3) is 4.34. The number of aromatic nitrogens is 1. The molecule has 4 nitrogen and oxygen atoms in total. The number of benzene rings is 1. The highest BCUT2D eigenvalue weighted by Gasteiger charge is 2.28. The minimum atomic E-state index is -0.616. The van der Waals surface area contributed by atoms with Crippen LogP contribution in [0.5, 0.6) is 0 Å². The van der Waals surface area contributed by atoms with Crippen LogP contribution in [0.1, 0.15) is 40.4 Å². The molecule has 1 aliphatic heterocycles. The molecule has 136 valence electrons. The van der Waals surface area contributed by atoms with Gasteiger partial charge < -0.3 is 22.4 Å². The lowest BCUT2D eigenvalue weighted by molar-refractivity contribution is -0.691. The Morgan fingerprint density at radius 1 is 1.27 bits per heavy atom. The number of aliphatic imine (C=N–C) groups is 1. The number of rotatable bonds is 6. The van der Waals surface area contributed by atoms with Crippen LogP contribution in [0.3, 0.4) is 0 Å². The van der Waals surface area contributed by atoms with Gasteiger partial charge in [-0.05, 0) is 48.9 Å². The summed E-state index contributed by atoms with van der Waals surface area (Å²) in [5, 5.41) is 0.403. The van der Waals surface area contributed by atoms with E-state index in [1.54, 1.807) is 0 Å². The zero-order valence-electron chi connectivity index (χ0n) is 15.2. The average Bonchev–Trinajstić information content (AvgIpc) is 3.17.